The highest BCUT2D eigenvalue weighted by Gasteiger charge is 2.16. The number of hydrogen-bond acceptors (Lipinski definition) is 6. The van der Waals surface area contributed by atoms with Gasteiger partial charge in [-0.1, -0.05) is 0 Å². The molecule has 0 fully saturated rings. The Labute approximate surface area is 141 Å². The molecule has 126 valence electrons. The first-order valence-electron chi connectivity index (χ1n) is 8.36. The molecule has 1 aliphatic rings. The number of carbonyl (C=O) groups excluding carboxylic acids is 1. The summed E-state index contributed by atoms with van der Waals surface area (Å²) in [6.45, 7) is 5.03. The normalized spacial score (nSPS) is 13.2. The highest BCUT2D eigenvalue weighted by molar-refractivity contribution is 5.93. The van der Waals surface area contributed by atoms with Crippen molar-refractivity contribution >= 4 is 11.9 Å². The lowest BCUT2D eigenvalue weighted by molar-refractivity contribution is 0.0949. The molecule has 0 bridgehead atoms. The molecule has 0 aromatic carbocycles. The first-order chi connectivity index (χ1) is 11.7. The second-order valence-electron chi connectivity index (χ2n) is 5.87. The van der Waals surface area contributed by atoms with Crippen LogP contribution in [0, 0.1) is 6.92 Å². The zero-order chi connectivity index (χ0) is 16.9. The summed E-state index contributed by atoms with van der Waals surface area (Å²) in [6.07, 6.45) is 7.46. The van der Waals surface area contributed by atoms with Gasteiger partial charge in [-0.05, 0) is 45.1 Å². The summed E-state index contributed by atoms with van der Waals surface area (Å²) in [5.41, 5.74) is 3.87. The molecule has 2 aromatic heterocycles. The molecular formula is C17H22N6O. The van der Waals surface area contributed by atoms with Crippen molar-refractivity contribution in [3.8, 4) is 0 Å². The molecule has 2 N–H and O–H groups in total. The van der Waals surface area contributed by atoms with Gasteiger partial charge in [0.05, 0.1) is 12.1 Å². The van der Waals surface area contributed by atoms with Crippen LogP contribution in [0.1, 0.15) is 52.9 Å². The number of anilines is 1. The number of nitrogens with one attached hydrogen (secondary N) is 2. The number of aromatic nitrogens is 4. The van der Waals surface area contributed by atoms with E-state index in [2.05, 4.69) is 30.6 Å². The van der Waals surface area contributed by atoms with Crippen molar-refractivity contribution in [3.05, 3.63) is 40.7 Å². The second kappa shape index (κ2) is 7.33. The van der Waals surface area contributed by atoms with Gasteiger partial charge in [-0.15, -0.1) is 0 Å². The van der Waals surface area contributed by atoms with E-state index in [-0.39, 0.29) is 5.91 Å². The molecule has 2 aromatic rings. The minimum Gasteiger partial charge on any atom is -0.355 e. The Kier molecular flexibility index (Phi) is 4.98. The molecule has 0 unspecified atom stereocenters. The van der Waals surface area contributed by atoms with Gasteiger partial charge in [-0.25, -0.2) is 19.9 Å². The van der Waals surface area contributed by atoms with E-state index in [1.165, 1.54) is 30.8 Å². The number of nitrogens with zero attached hydrogens (tertiary/aromatic N) is 4. The molecular weight excluding hydrogens is 304 g/mol. The molecule has 2 heterocycles. The lowest BCUT2D eigenvalue weighted by Gasteiger charge is -2.17. The van der Waals surface area contributed by atoms with Gasteiger partial charge in [0.2, 0.25) is 5.95 Å². The summed E-state index contributed by atoms with van der Waals surface area (Å²) in [5, 5.41) is 5.83. The molecule has 3 rings (SSSR count). The molecule has 1 aliphatic carbocycles. The Hall–Kier alpha value is -2.57. The van der Waals surface area contributed by atoms with Crippen LogP contribution in [0.25, 0.3) is 0 Å². The highest BCUT2D eigenvalue weighted by atomic mass is 16.1. The van der Waals surface area contributed by atoms with Crippen molar-refractivity contribution in [2.75, 3.05) is 11.9 Å². The number of amides is 1. The average molecular weight is 326 g/mol. The van der Waals surface area contributed by atoms with E-state index >= 15 is 0 Å². The number of rotatable bonds is 5. The van der Waals surface area contributed by atoms with Crippen LogP contribution in [-0.4, -0.2) is 32.4 Å². The van der Waals surface area contributed by atoms with Crippen molar-refractivity contribution in [2.45, 2.75) is 46.1 Å². The number of fused-ring (bicyclic) bond motifs is 1. The van der Waals surface area contributed by atoms with Crippen LogP contribution < -0.4 is 10.6 Å². The van der Waals surface area contributed by atoms with Crippen LogP contribution in [0.2, 0.25) is 0 Å². The van der Waals surface area contributed by atoms with Crippen LogP contribution >= 0.6 is 0 Å². The van der Waals surface area contributed by atoms with Crippen molar-refractivity contribution in [1.29, 1.82) is 0 Å². The van der Waals surface area contributed by atoms with Gasteiger partial charge in [0.25, 0.3) is 5.91 Å². The maximum Gasteiger partial charge on any atom is 0.254 e. The monoisotopic (exact) mass is 326 g/mol. The summed E-state index contributed by atoms with van der Waals surface area (Å²) in [4.78, 5) is 29.5. The van der Waals surface area contributed by atoms with Crippen molar-refractivity contribution in [3.63, 3.8) is 0 Å². The molecule has 0 spiro atoms. The maximum absolute atomic E-state index is 12.2. The Morgan fingerprint density at radius 2 is 1.92 bits per heavy atom. The highest BCUT2D eigenvalue weighted by Crippen LogP contribution is 2.21. The topological polar surface area (TPSA) is 92.7 Å². The molecule has 0 saturated carbocycles. The summed E-state index contributed by atoms with van der Waals surface area (Å²) >= 11 is 0. The molecule has 1 amide bonds. The molecule has 0 saturated heterocycles. The third-order valence-electron chi connectivity index (χ3n) is 4.09. The van der Waals surface area contributed by atoms with E-state index in [1.807, 2.05) is 13.8 Å². The summed E-state index contributed by atoms with van der Waals surface area (Å²) in [5.74, 6) is 0.950. The Morgan fingerprint density at radius 1 is 1.17 bits per heavy atom. The fourth-order valence-corrected chi connectivity index (χ4v) is 2.88. The van der Waals surface area contributed by atoms with E-state index in [0.29, 0.717) is 23.9 Å². The minimum absolute atomic E-state index is 0.225. The summed E-state index contributed by atoms with van der Waals surface area (Å²) < 4.78 is 0. The van der Waals surface area contributed by atoms with Crippen LogP contribution in [0.3, 0.4) is 0 Å². The van der Waals surface area contributed by atoms with Gasteiger partial charge >= 0.3 is 0 Å². The first kappa shape index (κ1) is 16.3. The Bertz CT molecular complexity index is 729. The Morgan fingerprint density at radius 3 is 2.67 bits per heavy atom. The lowest BCUT2D eigenvalue weighted by atomic mass is 9.95. The molecule has 7 heteroatoms. The third-order valence-corrected chi connectivity index (χ3v) is 4.09. The predicted molar refractivity (Wildman–Crippen MR) is 90.8 cm³/mol. The zero-order valence-corrected chi connectivity index (χ0v) is 14.1. The van der Waals surface area contributed by atoms with Gasteiger partial charge in [-0.2, -0.15) is 0 Å². The Balaban J connectivity index is 1.64. The van der Waals surface area contributed by atoms with Crippen LogP contribution in [0.4, 0.5) is 5.95 Å². The zero-order valence-electron chi connectivity index (χ0n) is 14.1. The SMILES string of the molecule is CCNc1ncc(C(=O)NCc2nc(C)c3c(n2)CCCC3)cn1. The van der Waals surface area contributed by atoms with Gasteiger partial charge < -0.3 is 10.6 Å². The minimum atomic E-state index is -0.225. The van der Waals surface area contributed by atoms with E-state index < -0.39 is 0 Å². The van der Waals surface area contributed by atoms with Gasteiger partial charge in [-0.3, -0.25) is 4.79 Å². The van der Waals surface area contributed by atoms with Crippen molar-refractivity contribution < 1.29 is 4.79 Å². The van der Waals surface area contributed by atoms with Crippen molar-refractivity contribution in [1.82, 2.24) is 25.3 Å². The lowest BCUT2D eigenvalue weighted by Crippen LogP contribution is -2.25. The van der Waals surface area contributed by atoms with Crippen LogP contribution in [-0.2, 0) is 19.4 Å². The fourth-order valence-electron chi connectivity index (χ4n) is 2.88. The summed E-state index contributed by atoms with van der Waals surface area (Å²) in [6, 6.07) is 0. The van der Waals surface area contributed by atoms with E-state index in [9.17, 15) is 4.79 Å². The molecule has 24 heavy (non-hydrogen) atoms. The van der Waals surface area contributed by atoms with Gasteiger partial charge in [0, 0.05) is 30.3 Å². The molecule has 0 radical (unpaired) electrons. The third kappa shape index (κ3) is 3.67. The van der Waals surface area contributed by atoms with Gasteiger partial charge in [0.15, 0.2) is 0 Å². The van der Waals surface area contributed by atoms with Crippen LogP contribution in [0.15, 0.2) is 12.4 Å². The average Bonchev–Trinajstić information content (AvgIpc) is 2.61. The predicted octanol–water partition coefficient (Wildman–Crippen LogP) is 1.82. The van der Waals surface area contributed by atoms with Gasteiger partial charge in [0.1, 0.15) is 5.82 Å². The molecule has 0 atom stereocenters. The maximum atomic E-state index is 12.2. The largest absolute Gasteiger partial charge is 0.355 e. The van der Waals surface area contributed by atoms with E-state index in [4.69, 9.17) is 0 Å². The van der Waals surface area contributed by atoms with E-state index in [0.717, 1.165) is 30.8 Å². The summed E-state index contributed by atoms with van der Waals surface area (Å²) in [7, 11) is 0. The van der Waals surface area contributed by atoms with Crippen molar-refractivity contribution in [2.24, 2.45) is 0 Å². The number of aryl methyl sites for hydroxylation is 2. The quantitative estimate of drug-likeness (QED) is 0.870. The standard InChI is InChI=1S/C17H22N6O/c1-3-18-17-20-8-12(9-21-17)16(24)19-10-15-22-11(2)13-6-4-5-7-14(13)23-15/h8-9H,3-7,10H2,1-2H3,(H,19,24)(H,18,20,21). The van der Waals surface area contributed by atoms with Crippen LogP contribution in [0.5, 0.6) is 0 Å². The number of carbonyl (C=O) groups is 1. The fraction of sp³-hybridized carbons (Fsp3) is 0.471. The molecule has 0 aliphatic heterocycles. The number of hydrogen-bond donors (Lipinski definition) is 2. The smallest absolute Gasteiger partial charge is 0.254 e. The molecule has 7 nitrogen and oxygen atoms in total. The first-order valence-corrected chi connectivity index (χ1v) is 8.36. The van der Waals surface area contributed by atoms with E-state index in [1.54, 1.807) is 0 Å². The second-order valence-corrected chi connectivity index (χ2v) is 5.87.